The molecule has 0 spiro atoms. The van der Waals surface area contributed by atoms with Crippen LogP contribution in [0.3, 0.4) is 0 Å². The Morgan fingerprint density at radius 3 is 2.73 bits per heavy atom. The largest absolute Gasteiger partial charge is 0.394 e. The van der Waals surface area contributed by atoms with Crippen LogP contribution in [-0.2, 0) is 5.54 Å². The van der Waals surface area contributed by atoms with Crippen LogP contribution in [0.2, 0.25) is 0 Å². The van der Waals surface area contributed by atoms with Gasteiger partial charge in [-0.15, -0.1) is 0 Å². The number of aryl methyl sites for hydroxylation is 1. The Morgan fingerprint density at radius 1 is 1.73 bits per heavy atom. The van der Waals surface area contributed by atoms with Crippen molar-refractivity contribution < 1.29 is 9.63 Å². The molecule has 0 saturated carbocycles. The van der Waals surface area contributed by atoms with Gasteiger partial charge in [-0.3, -0.25) is 0 Å². The van der Waals surface area contributed by atoms with E-state index >= 15 is 0 Å². The van der Waals surface area contributed by atoms with E-state index in [1.165, 1.54) is 0 Å². The maximum absolute atomic E-state index is 8.81. The Balaban J connectivity index is 2.92. The number of aliphatic hydroxyl groups excluding tert-OH is 1. The average molecular weight is 157 g/mol. The Kier molecular flexibility index (Phi) is 1.92. The number of nitrogens with zero attached hydrogens (tertiary/aromatic N) is 2. The Hall–Kier alpha value is -0.940. The van der Waals surface area contributed by atoms with E-state index in [0.717, 1.165) is 0 Å². The lowest BCUT2D eigenvalue weighted by molar-refractivity contribution is 0.199. The first-order chi connectivity index (χ1) is 5.06. The molecule has 62 valence electrons. The smallest absolute Gasteiger partial charge is 0.223 e. The van der Waals surface area contributed by atoms with Crippen molar-refractivity contribution in [3.8, 4) is 0 Å². The number of hydrogen-bond acceptors (Lipinski definition) is 5. The van der Waals surface area contributed by atoms with Crippen LogP contribution >= 0.6 is 0 Å². The van der Waals surface area contributed by atoms with Crippen LogP contribution in [0.15, 0.2) is 4.52 Å². The van der Waals surface area contributed by atoms with Gasteiger partial charge in [0, 0.05) is 6.92 Å². The quantitative estimate of drug-likeness (QED) is 0.607. The lowest BCUT2D eigenvalue weighted by Gasteiger charge is -2.15. The summed E-state index contributed by atoms with van der Waals surface area (Å²) in [5.74, 6) is 0.780. The highest BCUT2D eigenvalue weighted by Crippen LogP contribution is 2.12. The molecule has 0 saturated heterocycles. The van der Waals surface area contributed by atoms with Gasteiger partial charge in [0.1, 0.15) is 5.54 Å². The summed E-state index contributed by atoms with van der Waals surface area (Å²) in [5, 5.41) is 12.4. The van der Waals surface area contributed by atoms with E-state index in [1.807, 2.05) is 0 Å². The predicted octanol–water partition coefficient (Wildman–Crippen LogP) is -0.456. The highest BCUT2D eigenvalue weighted by Gasteiger charge is 2.25. The molecule has 11 heavy (non-hydrogen) atoms. The topological polar surface area (TPSA) is 85.2 Å². The van der Waals surface area contributed by atoms with E-state index < -0.39 is 5.54 Å². The summed E-state index contributed by atoms with van der Waals surface area (Å²) in [6, 6.07) is 0. The lowest BCUT2D eigenvalue weighted by atomic mass is 10.1. The molecule has 0 radical (unpaired) electrons. The number of hydrogen-bond donors (Lipinski definition) is 2. The molecule has 5 nitrogen and oxygen atoms in total. The minimum Gasteiger partial charge on any atom is -0.394 e. The SMILES string of the molecule is Cc1nc(C(C)(N)CO)no1. The Bertz CT molecular complexity index is 244. The van der Waals surface area contributed by atoms with E-state index in [1.54, 1.807) is 13.8 Å². The Labute approximate surface area is 64.2 Å². The van der Waals surface area contributed by atoms with Crippen LogP contribution in [0.4, 0.5) is 0 Å². The molecule has 1 unspecified atom stereocenters. The van der Waals surface area contributed by atoms with Gasteiger partial charge in [0.25, 0.3) is 0 Å². The predicted molar refractivity (Wildman–Crippen MR) is 37.7 cm³/mol. The molecule has 0 amide bonds. The highest BCUT2D eigenvalue weighted by molar-refractivity contribution is 5.00. The van der Waals surface area contributed by atoms with Crippen molar-refractivity contribution in [3.63, 3.8) is 0 Å². The van der Waals surface area contributed by atoms with Gasteiger partial charge in [-0.2, -0.15) is 4.98 Å². The van der Waals surface area contributed by atoms with Gasteiger partial charge >= 0.3 is 0 Å². The van der Waals surface area contributed by atoms with Crippen LogP contribution < -0.4 is 5.73 Å². The van der Waals surface area contributed by atoms with Gasteiger partial charge in [0.05, 0.1) is 6.61 Å². The second-order valence-corrected chi connectivity index (χ2v) is 2.71. The monoisotopic (exact) mass is 157 g/mol. The molecule has 0 aliphatic heterocycles. The molecule has 0 aromatic carbocycles. The standard InChI is InChI=1S/C6H11N3O2/c1-4-8-5(9-11-4)6(2,7)3-10/h10H,3,7H2,1-2H3. The summed E-state index contributed by atoms with van der Waals surface area (Å²) in [5.41, 5.74) is 4.71. The van der Waals surface area contributed by atoms with Gasteiger partial charge in [0.15, 0.2) is 5.82 Å². The molecule has 1 aromatic rings. The van der Waals surface area contributed by atoms with E-state index in [4.69, 9.17) is 15.4 Å². The third kappa shape index (κ3) is 1.55. The van der Waals surface area contributed by atoms with E-state index in [9.17, 15) is 0 Å². The van der Waals surface area contributed by atoms with Crippen molar-refractivity contribution in [3.05, 3.63) is 11.7 Å². The molecular formula is C6H11N3O2. The van der Waals surface area contributed by atoms with Gasteiger partial charge in [-0.1, -0.05) is 5.16 Å². The zero-order valence-electron chi connectivity index (χ0n) is 6.53. The molecular weight excluding hydrogens is 146 g/mol. The molecule has 0 aliphatic carbocycles. The van der Waals surface area contributed by atoms with Crippen molar-refractivity contribution in [2.45, 2.75) is 19.4 Å². The van der Waals surface area contributed by atoms with Crippen LogP contribution in [0.25, 0.3) is 0 Å². The summed E-state index contributed by atoms with van der Waals surface area (Å²) >= 11 is 0. The first-order valence-corrected chi connectivity index (χ1v) is 3.27. The molecule has 0 aliphatic rings. The van der Waals surface area contributed by atoms with Crippen LogP contribution in [-0.4, -0.2) is 21.9 Å². The van der Waals surface area contributed by atoms with E-state index in [0.29, 0.717) is 11.7 Å². The molecule has 5 heteroatoms. The zero-order chi connectivity index (χ0) is 8.48. The summed E-state index contributed by atoms with van der Waals surface area (Å²) < 4.78 is 4.70. The molecule has 0 bridgehead atoms. The van der Waals surface area contributed by atoms with Crippen molar-refractivity contribution in [1.82, 2.24) is 10.1 Å². The first kappa shape index (κ1) is 8.16. The summed E-state index contributed by atoms with van der Waals surface area (Å²) in [6.45, 7) is 3.10. The number of aromatic nitrogens is 2. The number of rotatable bonds is 2. The van der Waals surface area contributed by atoms with Crippen molar-refractivity contribution in [2.75, 3.05) is 6.61 Å². The van der Waals surface area contributed by atoms with E-state index in [-0.39, 0.29) is 6.61 Å². The number of nitrogens with two attached hydrogens (primary N) is 1. The van der Waals surface area contributed by atoms with Crippen LogP contribution in [0.1, 0.15) is 18.6 Å². The maximum atomic E-state index is 8.81. The fourth-order valence-electron chi connectivity index (χ4n) is 0.602. The third-order valence-electron chi connectivity index (χ3n) is 1.37. The van der Waals surface area contributed by atoms with Crippen LogP contribution in [0, 0.1) is 6.92 Å². The molecule has 0 fully saturated rings. The normalized spacial score (nSPS) is 16.4. The van der Waals surface area contributed by atoms with Gasteiger partial charge < -0.3 is 15.4 Å². The molecule has 1 atom stereocenters. The molecule has 1 heterocycles. The highest BCUT2D eigenvalue weighted by atomic mass is 16.5. The summed E-state index contributed by atoms with van der Waals surface area (Å²) in [6.07, 6.45) is 0. The molecule has 1 aromatic heterocycles. The van der Waals surface area contributed by atoms with Gasteiger partial charge in [0.2, 0.25) is 5.89 Å². The second kappa shape index (κ2) is 2.60. The van der Waals surface area contributed by atoms with Crippen molar-refractivity contribution in [1.29, 1.82) is 0 Å². The van der Waals surface area contributed by atoms with Crippen molar-refractivity contribution >= 4 is 0 Å². The molecule has 1 rings (SSSR count). The maximum Gasteiger partial charge on any atom is 0.223 e. The van der Waals surface area contributed by atoms with Gasteiger partial charge in [-0.25, -0.2) is 0 Å². The summed E-state index contributed by atoms with van der Waals surface area (Å²) in [7, 11) is 0. The zero-order valence-corrected chi connectivity index (χ0v) is 6.53. The first-order valence-electron chi connectivity index (χ1n) is 3.27. The third-order valence-corrected chi connectivity index (χ3v) is 1.37. The Morgan fingerprint density at radius 2 is 2.36 bits per heavy atom. The van der Waals surface area contributed by atoms with E-state index in [2.05, 4.69) is 10.1 Å². The average Bonchev–Trinajstić information content (AvgIpc) is 2.36. The summed E-state index contributed by atoms with van der Waals surface area (Å²) in [4.78, 5) is 3.89. The minimum absolute atomic E-state index is 0.202. The molecule has 3 N–H and O–H groups in total. The van der Waals surface area contributed by atoms with Crippen molar-refractivity contribution in [2.24, 2.45) is 5.73 Å². The fraction of sp³-hybridized carbons (Fsp3) is 0.667. The van der Waals surface area contributed by atoms with Crippen LogP contribution in [0.5, 0.6) is 0 Å². The van der Waals surface area contributed by atoms with Gasteiger partial charge in [-0.05, 0) is 6.92 Å². The lowest BCUT2D eigenvalue weighted by Crippen LogP contribution is -2.38. The minimum atomic E-state index is -0.905. The number of aliphatic hydroxyl groups is 1. The fourth-order valence-corrected chi connectivity index (χ4v) is 0.602. The second-order valence-electron chi connectivity index (χ2n) is 2.71.